The Labute approximate surface area is 115 Å². The highest BCUT2D eigenvalue weighted by Gasteiger charge is 2.15. The van der Waals surface area contributed by atoms with E-state index in [1.807, 2.05) is 0 Å². The average molecular weight is 286 g/mol. The van der Waals surface area contributed by atoms with Crippen LogP contribution in [0.15, 0.2) is 37.4 Å². The molecule has 6 heteroatoms. The molecule has 0 aliphatic carbocycles. The standard InChI is InChI=1S/C13H13F3N2S/c1-3-5-18(6-4-2)13(19)17-12-10(15)7-9(14)8-11(12)16/h3-4,7-8H,1-2,5-6H2,(H,17,19). The van der Waals surface area contributed by atoms with Gasteiger partial charge in [-0.2, -0.15) is 0 Å². The molecule has 0 saturated carbocycles. The minimum atomic E-state index is -1.04. The quantitative estimate of drug-likeness (QED) is 0.659. The van der Waals surface area contributed by atoms with Crippen molar-refractivity contribution in [3.63, 3.8) is 0 Å². The first-order chi connectivity index (χ1) is 8.99. The van der Waals surface area contributed by atoms with Gasteiger partial charge in [-0.05, 0) is 12.2 Å². The van der Waals surface area contributed by atoms with Crippen LogP contribution in [0.4, 0.5) is 18.9 Å². The molecule has 0 amide bonds. The highest BCUT2D eigenvalue weighted by molar-refractivity contribution is 7.80. The van der Waals surface area contributed by atoms with E-state index in [0.29, 0.717) is 25.2 Å². The molecule has 1 aromatic rings. The van der Waals surface area contributed by atoms with Gasteiger partial charge in [-0.25, -0.2) is 13.2 Å². The predicted molar refractivity (Wildman–Crippen MR) is 74.5 cm³/mol. The van der Waals surface area contributed by atoms with Crippen LogP contribution < -0.4 is 5.32 Å². The van der Waals surface area contributed by atoms with Crippen molar-refractivity contribution in [2.24, 2.45) is 0 Å². The van der Waals surface area contributed by atoms with Crippen LogP contribution in [0.1, 0.15) is 0 Å². The zero-order valence-corrected chi connectivity index (χ0v) is 10.9. The van der Waals surface area contributed by atoms with Gasteiger partial charge in [-0.15, -0.1) is 13.2 Å². The summed E-state index contributed by atoms with van der Waals surface area (Å²) in [6.07, 6.45) is 3.18. The van der Waals surface area contributed by atoms with E-state index in [2.05, 4.69) is 18.5 Å². The van der Waals surface area contributed by atoms with Gasteiger partial charge >= 0.3 is 0 Å². The summed E-state index contributed by atoms with van der Waals surface area (Å²) < 4.78 is 39.7. The van der Waals surface area contributed by atoms with E-state index >= 15 is 0 Å². The molecule has 0 spiro atoms. The lowest BCUT2D eigenvalue weighted by Gasteiger charge is -2.23. The molecule has 102 valence electrons. The summed E-state index contributed by atoms with van der Waals surface area (Å²) in [6, 6.07) is 1.17. The molecule has 0 radical (unpaired) electrons. The maximum Gasteiger partial charge on any atom is 0.174 e. The van der Waals surface area contributed by atoms with Gasteiger partial charge in [-0.1, -0.05) is 12.2 Å². The predicted octanol–water partition coefficient (Wildman–Crippen LogP) is 3.47. The zero-order chi connectivity index (χ0) is 14.4. The van der Waals surface area contributed by atoms with E-state index in [1.54, 1.807) is 17.1 Å². The van der Waals surface area contributed by atoms with E-state index < -0.39 is 23.1 Å². The van der Waals surface area contributed by atoms with Crippen molar-refractivity contribution >= 4 is 23.0 Å². The fourth-order valence-electron chi connectivity index (χ4n) is 1.40. The van der Waals surface area contributed by atoms with Gasteiger partial charge in [0.2, 0.25) is 0 Å². The molecule has 0 heterocycles. The van der Waals surface area contributed by atoms with Crippen molar-refractivity contribution in [1.82, 2.24) is 4.90 Å². The van der Waals surface area contributed by atoms with Crippen LogP contribution in [-0.2, 0) is 0 Å². The third kappa shape index (κ3) is 4.10. The van der Waals surface area contributed by atoms with Crippen molar-refractivity contribution in [3.8, 4) is 0 Å². The summed E-state index contributed by atoms with van der Waals surface area (Å²) in [5, 5.41) is 2.52. The summed E-state index contributed by atoms with van der Waals surface area (Å²) in [7, 11) is 0. The Morgan fingerprint density at radius 3 is 2.05 bits per heavy atom. The van der Waals surface area contributed by atoms with E-state index in [4.69, 9.17) is 12.2 Å². The largest absolute Gasteiger partial charge is 0.342 e. The molecule has 0 aromatic heterocycles. The topological polar surface area (TPSA) is 15.3 Å². The van der Waals surface area contributed by atoms with Gasteiger partial charge in [0.25, 0.3) is 0 Å². The molecule has 1 rings (SSSR count). The number of hydrogen-bond donors (Lipinski definition) is 1. The second-order valence-electron chi connectivity index (χ2n) is 3.66. The second-order valence-corrected chi connectivity index (χ2v) is 4.04. The van der Waals surface area contributed by atoms with E-state index in [9.17, 15) is 13.2 Å². The van der Waals surface area contributed by atoms with Crippen LogP contribution in [0, 0.1) is 17.5 Å². The molecule has 2 nitrogen and oxygen atoms in total. The molecule has 0 aliphatic heterocycles. The first-order valence-corrected chi connectivity index (χ1v) is 5.82. The smallest absolute Gasteiger partial charge is 0.174 e. The van der Waals surface area contributed by atoms with Crippen molar-refractivity contribution in [2.75, 3.05) is 18.4 Å². The Hall–Kier alpha value is -1.82. The maximum atomic E-state index is 13.4. The SMILES string of the molecule is C=CCN(CC=C)C(=S)Nc1c(F)cc(F)cc1F. The lowest BCUT2D eigenvalue weighted by atomic mass is 10.3. The number of thiocarbonyl (C=S) groups is 1. The first kappa shape index (κ1) is 15.2. The number of nitrogens with one attached hydrogen (secondary N) is 1. The van der Waals surface area contributed by atoms with Crippen molar-refractivity contribution in [1.29, 1.82) is 0 Å². The third-order valence-electron chi connectivity index (χ3n) is 2.22. The van der Waals surface area contributed by atoms with E-state index in [-0.39, 0.29) is 5.11 Å². The lowest BCUT2D eigenvalue weighted by Crippen LogP contribution is -2.35. The van der Waals surface area contributed by atoms with E-state index in [0.717, 1.165) is 0 Å². The first-order valence-electron chi connectivity index (χ1n) is 5.41. The minimum Gasteiger partial charge on any atom is -0.342 e. The van der Waals surface area contributed by atoms with Gasteiger partial charge in [0.05, 0.1) is 0 Å². The summed E-state index contributed by atoms with van der Waals surface area (Å²) in [5.74, 6) is -3.07. The molecule has 1 N–H and O–H groups in total. The normalized spacial score (nSPS) is 9.84. The highest BCUT2D eigenvalue weighted by atomic mass is 32.1. The Morgan fingerprint density at radius 1 is 1.16 bits per heavy atom. The van der Waals surface area contributed by atoms with Gasteiger partial charge < -0.3 is 10.2 Å². The molecule has 1 aromatic carbocycles. The van der Waals surface area contributed by atoms with E-state index in [1.165, 1.54) is 0 Å². The number of halogens is 3. The van der Waals surface area contributed by atoms with Gasteiger partial charge in [0, 0.05) is 25.2 Å². The van der Waals surface area contributed by atoms with Crippen molar-refractivity contribution < 1.29 is 13.2 Å². The fraction of sp³-hybridized carbons (Fsp3) is 0.154. The molecule has 0 bridgehead atoms. The minimum absolute atomic E-state index is 0.101. The number of anilines is 1. The lowest BCUT2D eigenvalue weighted by molar-refractivity contribution is 0.518. The van der Waals surface area contributed by atoms with Gasteiger partial charge in [0.1, 0.15) is 11.5 Å². The number of benzene rings is 1. The van der Waals surface area contributed by atoms with Gasteiger partial charge in [-0.3, -0.25) is 0 Å². The van der Waals surface area contributed by atoms with Crippen LogP contribution in [0.3, 0.4) is 0 Å². The van der Waals surface area contributed by atoms with Crippen LogP contribution in [0.2, 0.25) is 0 Å². The Balaban J connectivity index is 2.92. The van der Waals surface area contributed by atoms with Gasteiger partial charge in [0.15, 0.2) is 16.7 Å². The molecule has 0 atom stereocenters. The monoisotopic (exact) mass is 286 g/mol. The van der Waals surface area contributed by atoms with Crippen molar-refractivity contribution in [3.05, 3.63) is 54.9 Å². The number of nitrogens with zero attached hydrogens (tertiary/aromatic N) is 1. The number of rotatable bonds is 5. The summed E-state index contributed by atoms with van der Waals surface area (Å²) in [5.41, 5.74) is -0.482. The average Bonchev–Trinajstić information content (AvgIpc) is 2.33. The summed E-state index contributed by atoms with van der Waals surface area (Å²) in [4.78, 5) is 1.59. The third-order valence-corrected chi connectivity index (χ3v) is 2.59. The van der Waals surface area contributed by atoms with Crippen molar-refractivity contribution in [2.45, 2.75) is 0 Å². The molecule has 0 saturated heterocycles. The molecular formula is C13H13F3N2S. The molecular weight excluding hydrogens is 273 g/mol. The Morgan fingerprint density at radius 2 is 1.63 bits per heavy atom. The van der Waals surface area contributed by atoms with Crippen LogP contribution in [0.5, 0.6) is 0 Å². The zero-order valence-electron chi connectivity index (χ0n) is 10.1. The maximum absolute atomic E-state index is 13.4. The Kier molecular flexibility index (Phi) is 5.57. The molecule has 0 fully saturated rings. The van der Waals surface area contributed by atoms with Crippen LogP contribution >= 0.6 is 12.2 Å². The summed E-state index contributed by atoms with van der Waals surface area (Å²) >= 11 is 5.03. The number of hydrogen-bond acceptors (Lipinski definition) is 1. The van der Waals surface area contributed by atoms with Crippen LogP contribution in [-0.4, -0.2) is 23.1 Å². The fourth-order valence-corrected chi connectivity index (χ4v) is 1.65. The molecule has 0 unspecified atom stereocenters. The molecule has 0 aliphatic rings. The summed E-state index contributed by atoms with van der Waals surface area (Å²) in [6.45, 7) is 7.90. The second kappa shape index (κ2) is 6.94. The van der Waals surface area contributed by atoms with Crippen LogP contribution in [0.25, 0.3) is 0 Å². The highest BCUT2D eigenvalue weighted by Crippen LogP contribution is 2.20. The molecule has 19 heavy (non-hydrogen) atoms. The Bertz CT molecular complexity index is 470.